The number of pyridine rings is 1. The molecule has 0 radical (unpaired) electrons. The highest BCUT2D eigenvalue weighted by Gasteiger charge is 2.36. The number of hydrogen-bond acceptors (Lipinski definition) is 8. The number of ether oxygens (including phenoxy) is 2. The zero-order valence-electron chi connectivity index (χ0n) is 20.1. The molecule has 2 fully saturated rings. The molecule has 3 aromatic rings. The standard InChI is InChI=1S/C25H28FN3O5S/c1-11(27)14-7-8-28(10-14)20-17(26)9-16-19(23(20)33-4)29(15-5-6-15)25-18(21(16)32)22(34-13(3)31)24(35-25)12(2)30/h9,11,14-15H,5-8,10,27H2,1-4H3/t11-,14+/m0/s1. The molecule has 1 aliphatic carbocycles. The Bertz CT molecular complexity index is 1440. The van der Waals surface area contributed by atoms with Crippen molar-refractivity contribution in [2.24, 2.45) is 11.7 Å². The van der Waals surface area contributed by atoms with Crippen LogP contribution in [0.15, 0.2) is 10.9 Å². The molecule has 0 bridgehead atoms. The molecule has 1 aliphatic heterocycles. The Morgan fingerprint density at radius 1 is 1.23 bits per heavy atom. The fourth-order valence-corrected chi connectivity index (χ4v) is 6.29. The van der Waals surface area contributed by atoms with Gasteiger partial charge in [-0.1, -0.05) is 0 Å². The summed E-state index contributed by atoms with van der Waals surface area (Å²) in [5, 5.41) is 0.258. The minimum atomic E-state index is -0.638. The highest BCUT2D eigenvalue weighted by Crippen LogP contribution is 2.49. The molecule has 186 valence electrons. The molecule has 1 saturated carbocycles. The van der Waals surface area contributed by atoms with E-state index in [0.29, 0.717) is 34.9 Å². The third-order valence-corrected chi connectivity index (χ3v) is 8.20. The molecule has 2 N–H and O–H groups in total. The molecule has 0 spiro atoms. The zero-order valence-corrected chi connectivity index (χ0v) is 21.0. The monoisotopic (exact) mass is 501 g/mol. The maximum atomic E-state index is 15.7. The topological polar surface area (TPSA) is 104 Å². The van der Waals surface area contributed by atoms with Crippen LogP contribution in [0.1, 0.15) is 55.7 Å². The zero-order chi connectivity index (χ0) is 25.2. The predicted molar refractivity (Wildman–Crippen MR) is 134 cm³/mol. The average Bonchev–Trinajstić information content (AvgIpc) is 3.37. The minimum Gasteiger partial charge on any atom is -0.492 e. The number of aromatic nitrogens is 1. The molecule has 5 rings (SSSR count). The van der Waals surface area contributed by atoms with Gasteiger partial charge in [-0.05, 0) is 38.2 Å². The highest BCUT2D eigenvalue weighted by molar-refractivity contribution is 7.21. The van der Waals surface area contributed by atoms with E-state index in [1.165, 1.54) is 27.0 Å². The Balaban J connectivity index is 1.87. The van der Waals surface area contributed by atoms with Gasteiger partial charge < -0.3 is 24.7 Å². The number of nitrogens with two attached hydrogens (primary N) is 1. The van der Waals surface area contributed by atoms with Gasteiger partial charge in [0, 0.05) is 39.0 Å². The first-order valence-corrected chi connectivity index (χ1v) is 12.6. The van der Waals surface area contributed by atoms with Gasteiger partial charge in [0.25, 0.3) is 0 Å². The summed E-state index contributed by atoms with van der Waals surface area (Å²) in [6.45, 7) is 5.76. The van der Waals surface area contributed by atoms with Crippen molar-refractivity contribution < 1.29 is 23.5 Å². The van der Waals surface area contributed by atoms with Crippen LogP contribution in [0, 0.1) is 11.7 Å². The van der Waals surface area contributed by atoms with Crippen molar-refractivity contribution in [3.63, 3.8) is 0 Å². The van der Waals surface area contributed by atoms with E-state index in [1.54, 1.807) is 0 Å². The van der Waals surface area contributed by atoms with E-state index in [2.05, 4.69) is 0 Å². The molecule has 3 heterocycles. The Kier molecular flexibility index (Phi) is 5.83. The van der Waals surface area contributed by atoms with Crippen LogP contribution in [0.25, 0.3) is 21.1 Å². The van der Waals surface area contributed by atoms with Crippen LogP contribution in [0.2, 0.25) is 0 Å². The van der Waals surface area contributed by atoms with Crippen molar-refractivity contribution >= 4 is 49.9 Å². The molecule has 2 atom stereocenters. The SMILES string of the molecule is COc1c(N2CC[C@@H]([C@H](C)N)C2)c(F)cc2c(=O)c3c(OC(C)=O)c(C(C)=O)sc3n(C3CC3)c12. The van der Waals surface area contributed by atoms with Crippen molar-refractivity contribution in [1.82, 2.24) is 4.57 Å². The Hall–Kier alpha value is -2.98. The summed E-state index contributed by atoms with van der Waals surface area (Å²) in [4.78, 5) is 40.6. The van der Waals surface area contributed by atoms with Gasteiger partial charge in [0.2, 0.25) is 5.43 Å². The number of carbonyl (C=O) groups excluding carboxylic acids is 2. The second kappa shape index (κ2) is 8.60. The highest BCUT2D eigenvalue weighted by atomic mass is 32.1. The summed E-state index contributed by atoms with van der Waals surface area (Å²) in [7, 11) is 1.47. The van der Waals surface area contributed by atoms with Crippen LogP contribution in [0.5, 0.6) is 11.5 Å². The van der Waals surface area contributed by atoms with Gasteiger partial charge in [-0.2, -0.15) is 0 Å². The number of rotatable bonds is 6. The minimum absolute atomic E-state index is 0.0189. The molecule has 1 saturated heterocycles. The van der Waals surface area contributed by atoms with E-state index in [9.17, 15) is 14.4 Å². The number of esters is 1. The van der Waals surface area contributed by atoms with Crippen LogP contribution >= 0.6 is 11.3 Å². The van der Waals surface area contributed by atoms with Crippen molar-refractivity contribution in [3.05, 3.63) is 27.0 Å². The van der Waals surface area contributed by atoms with E-state index in [0.717, 1.165) is 30.6 Å². The van der Waals surface area contributed by atoms with Gasteiger partial charge in [0.15, 0.2) is 23.1 Å². The number of hydrogen-bond donors (Lipinski definition) is 1. The molecular weight excluding hydrogens is 473 g/mol. The number of benzene rings is 1. The summed E-state index contributed by atoms with van der Waals surface area (Å²) in [5.41, 5.74) is 6.43. The van der Waals surface area contributed by atoms with Crippen LogP contribution in [-0.2, 0) is 4.79 Å². The maximum absolute atomic E-state index is 15.7. The quantitative estimate of drug-likeness (QED) is 0.402. The summed E-state index contributed by atoms with van der Waals surface area (Å²) < 4.78 is 28.8. The van der Waals surface area contributed by atoms with Crippen molar-refractivity contribution in [2.45, 2.75) is 52.1 Å². The maximum Gasteiger partial charge on any atom is 0.308 e. The summed E-state index contributed by atoms with van der Waals surface area (Å²) in [6.07, 6.45) is 2.58. The van der Waals surface area contributed by atoms with Crippen molar-refractivity contribution in [3.8, 4) is 11.5 Å². The third kappa shape index (κ3) is 3.79. The van der Waals surface area contributed by atoms with Crippen molar-refractivity contribution in [2.75, 3.05) is 25.1 Å². The number of anilines is 1. The summed E-state index contributed by atoms with van der Waals surface area (Å²) >= 11 is 1.12. The average molecular weight is 502 g/mol. The lowest BCUT2D eigenvalue weighted by Crippen LogP contribution is -2.30. The molecule has 35 heavy (non-hydrogen) atoms. The number of halogens is 1. The first-order valence-electron chi connectivity index (χ1n) is 11.7. The van der Waals surface area contributed by atoms with Crippen LogP contribution in [0.3, 0.4) is 0 Å². The first-order chi connectivity index (χ1) is 16.6. The van der Waals surface area contributed by atoms with Gasteiger partial charge in [0.05, 0.1) is 18.0 Å². The molecule has 0 unspecified atom stereocenters. The van der Waals surface area contributed by atoms with Gasteiger partial charge in [0.1, 0.15) is 20.8 Å². The number of fused-ring (bicyclic) bond motifs is 2. The third-order valence-electron chi connectivity index (χ3n) is 6.93. The first kappa shape index (κ1) is 23.7. The van der Waals surface area contributed by atoms with Crippen LogP contribution in [-0.4, -0.2) is 42.6 Å². The van der Waals surface area contributed by atoms with Gasteiger partial charge >= 0.3 is 5.97 Å². The largest absolute Gasteiger partial charge is 0.492 e. The Morgan fingerprint density at radius 3 is 2.49 bits per heavy atom. The second-order valence-electron chi connectivity index (χ2n) is 9.51. The molecule has 2 aliphatic rings. The Labute approximate surface area is 205 Å². The number of nitrogens with zero attached hydrogens (tertiary/aromatic N) is 2. The van der Waals surface area contributed by atoms with Crippen molar-refractivity contribution in [1.29, 1.82) is 0 Å². The van der Waals surface area contributed by atoms with Crippen LogP contribution in [0.4, 0.5) is 10.1 Å². The van der Waals surface area contributed by atoms with Gasteiger partial charge in [-0.25, -0.2) is 4.39 Å². The summed E-state index contributed by atoms with van der Waals surface area (Å²) in [5.74, 6) is -1.04. The normalized spacial score (nSPS) is 18.9. The van der Waals surface area contributed by atoms with Gasteiger partial charge in [-0.15, -0.1) is 11.3 Å². The number of carbonyl (C=O) groups is 2. The van der Waals surface area contributed by atoms with E-state index in [-0.39, 0.29) is 45.2 Å². The van der Waals surface area contributed by atoms with E-state index < -0.39 is 17.2 Å². The fourth-order valence-electron chi connectivity index (χ4n) is 5.09. The number of Topliss-reactive ketones (excluding diaryl/α,β-unsaturated/α-hetero) is 1. The smallest absolute Gasteiger partial charge is 0.308 e. The molecular formula is C25H28FN3O5S. The second-order valence-corrected chi connectivity index (χ2v) is 10.5. The van der Waals surface area contributed by atoms with E-state index in [4.69, 9.17) is 15.2 Å². The van der Waals surface area contributed by atoms with Crippen LogP contribution < -0.4 is 25.5 Å². The fraction of sp³-hybridized carbons (Fsp3) is 0.480. The lowest BCUT2D eigenvalue weighted by Gasteiger charge is -2.25. The number of methoxy groups -OCH3 is 1. The lowest BCUT2D eigenvalue weighted by atomic mass is 10.0. The lowest BCUT2D eigenvalue weighted by molar-refractivity contribution is -0.131. The van der Waals surface area contributed by atoms with E-state index >= 15 is 4.39 Å². The molecule has 8 nitrogen and oxygen atoms in total. The number of thiophene rings is 1. The predicted octanol–water partition coefficient (Wildman–Crippen LogP) is 4.00. The molecule has 10 heteroatoms. The number of ketones is 1. The Morgan fingerprint density at radius 2 is 1.94 bits per heavy atom. The molecule has 0 amide bonds. The van der Waals surface area contributed by atoms with Gasteiger partial charge in [-0.3, -0.25) is 14.4 Å². The van der Waals surface area contributed by atoms with E-state index in [1.807, 2.05) is 16.4 Å². The molecule has 1 aromatic carbocycles. The molecule has 2 aromatic heterocycles. The summed E-state index contributed by atoms with van der Waals surface area (Å²) in [6, 6.07) is 1.29.